The molecule has 0 heterocycles. The molecule has 1 nitrogen and oxygen atoms in total. The lowest BCUT2D eigenvalue weighted by atomic mass is 10.6. The van der Waals surface area contributed by atoms with Gasteiger partial charge in [-0.2, -0.15) is 0 Å². The number of quaternary nitrogens is 1. The first-order chi connectivity index (χ1) is 3.81. The third kappa shape index (κ3) is 8.66. The van der Waals surface area contributed by atoms with Crippen LogP contribution in [0.15, 0.2) is 0 Å². The van der Waals surface area contributed by atoms with E-state index in [0.717, 1.165) is 11.9 Å². The highest BCUT2D eigenvalue weighted by atomic mass is 79.9. The lowest BCUT2D eigenvalue weighted by molar-refractivity contribution is -0.876. The molecule has 0 aromatic carbocycles. The summed E-state index contributed by atoms with van der Waals surface area (Å²) >= 11 is 3.28. The summed E-state index contributed by atoms with van der Waals surface area (Å²) in [6.45, 7) is 1.42. The second-order valence-electron chi connectivity index (χ2n) is 1.84. The van der Waals surface area contributed by atoms with Crippen molar-refractivity contribution in [1.29, 1.82) is 0 Å². The molecule has 0 amide bonds. The molecular formula is C5H12BrClFN. The van der Waals surface area contributed by atoms with Gasteiger partial charge in [0.05, 0.1) is 18.9 Å². The molecule has 1 N–H and O–H groups in total. The normalized spacial score (nSPS) is 12.3. The van der Waals surface area contributed by atoms with E-state index in [2.05, 4.69) is 15.9 Å². The van der Waals surface area contributed by atoms with Crippen molar-refractivity contribution in [3.8, 4) is 0 Å². The van der Waals surface area contributed by atoms with Gasteiger partial charge < -0.3 is 17.3 Å². The second kappa shape index (κ2) is 8.66. The van der Waals surface area contributed by atoms with Crippen molar-refractivity contribution < 1.29 is 21.7 Å². The zero-order valence-electron chi connectivity index (χ0n) is 5.46. The number of rotatable bonds is 4. The van der Waals surface area contributed by atoms with Gasteiger partial charge in [-0.05, 0) is 0 Å². The maximum absolute atomic E-state index is 11.5. The summed E-state index contributed by atoms with van der Waals surface area (Å²) in [6, 6.07) is 0. The van der Waals surface area contributed by atoms with Gasteiger partial charge in [0.1, 0.15) is 13.2 Å². The van der Waals surface area contributed by atoms with Crippen LogP contribution in [-0.2, 0) is 0 Å². The molecule has 0 bridgehead atoms. The fourth-order valence-electron chi connectivity index (χ4n) is 0.448. The minimum atomic E-state index is -0.209. The largest absolute Gasteiger partial charge is 1.00 e. The van der Waals surface area contributed by atoms with Gasteiger partial charge in [0.25, 0.3) is 0 Å². The summed E-state index contributed by atoms with van der Waals surface area (Å²) in [5, 5.41) is 0.957. The van der Waals surface area contributed by atoms with Gasteiger partial charge in [-0.1, -0.05) is 15.9 Å². The van der Waals surface area contributed by atoms with E-state index in [1.807, 2.05) is 7.05 Å². The predicted molar refractivity (Wildman–Crippen MR) is 36.4 cm³/mol. The average molecular weight is 221 g/mol. The Bertz CT molecular complexity index is 50.2. The topological polar surface area (TPSA) is 4.44 Å². The summed E-state index contributed by atoms with van der Waals surface area (Å²) in [6.07, 6.45) is 0. The molecule has 4 heteroatoms. The molecule has 0 aliphatic heterocycles. The Morgan fingerprint density at radius 3 is 2.33 bits per heavy atom. The molecule has 0 saturated heterocycles. The third-order valence-electron chi connectivity index (χ3n) is 1.04. The SMILES string of the molecule is C[NH+](CCF)CCBr.[Cl-]. The van der Waals surface area contributed by atoms with Crippen LogP contribution in [0, 0.1) is 0 Å². The van der Waals surface area contributed by atoms with Gasteiger partial charge in [0.15, 0.2) is 0 Å². The zero-order valence-corrected chi connectivity index (χ0v) is 7.80. The Hall–Kier alpha value is 0.660. The monoisotopic (exact) mass is 219 g/mol. The molecule has 0 saturated carbocycles. The molecule has 1 atom stereocenters. The van der Waals surface area contributed by atoms with Gasteiger partial charge in [-0.3, -0.25) is 0 Å². The number of hydrogen-bond acceptors (Lipinski definition) is 0. The summed E-state index contributed by atoms with van der Waals surface area (Å²) in [7, 11) is 1.99. The van der Waals surface area contributed by atoms with Crippen molar-refractivity contribution in [2.24, 2.45) is 0 Å². The van der Waals surface area contributed by atoms with E-state index in [1.165, 1.54) is 4.90 Å². The first kappa shape index (κ1) is 12.3. The van der Waals surface area contributed by atoms with Gasteiger partial charge in [-0.25, -0.2) is 4.39 Å². The average Bonchev–Trinajstić information content (AvgIpc) is 1.68. The van der Waals surface area contributed by atoms with E-state index >= 15 is 0 Å². The Labute approximate surface area is 70.1 Å². The molecule has 0 aliphatic rings. The lowest BCUT2D eigenvalue weighted by Crippen LogP contribution is -3.09. The highest BCUT2D eigenvalue weighted by Gasteiger charge is 1.96. The molecular weight excluding hydrogens is 208 g/mol. The first-order valence-corrected chi connectivity index (χ1v) is 3.86. The van der Waals surface area contributed by atoms with Gasteiger partial charge in [0.2, 0.25) is 0 Å². The number of alkyl halides is 2. The molecule has 0 aliphatic carbocycles. The van der Waals surface area contributed by atoms with E-state index < -0.39 is 0 Å². The van der Waals surface area contributed by atoms with Crippen molar-refractivity contribution in [2.45, 2.75) is 0 Å². The Morgan fingerprint density at radius 1 is 1.44 bits per heavy atom. The van der Waals surface area contributed by atoms with Crippen LogP contribution in [0.3, 0.4) is 0 Å². The van der Waals surface area contributed by atoms with Crippen LogP contribution in [-0.4, -0.2) is 32.1 Å². The summed E-state index contributed by atoms with van der Waals surface area (Å²) in [5.41, 5.74) is 0. The van der Waals surface area contributed by atoms with E-state index in [1.54, 1.807) is 0 Å². The van der Waals surface area contributed by atoms with Crippen LogP contribution in [0.5, 0.6) is 0 Å². The summed E-state index contributed by atoms with van der Waals surface area (Å²) in [5.74, 6) is 0. The van der Waals surface area contributed by atoms with Gasteiger partial charge in [0, 0.05) is 0 Å². The molecule has 58 valence electrons. The van der Waals surface area contributed by atoms with Crippen LogP contribution in [0.1, 0.15) is 0 Å². The Balaban J connectivity index is 0. The molecule has 0 aromatic rings. The quantitative estimate of drug-likeness (QED) is 0.478. The minimum absolute atomic E-state index is 0. The summed E-state index contributed by atoms with van der Waals surface area (Å²) < 4.78 is 11.5. The number of hydrogen-bond donors (Lipinski definition) is 1. The fraction of sp³-hybridized carbons (Fsp3) is 1.00. The Morgan fingerprint density at radius 2 is 2.00 bits per heavy atom. The maximum atomic E-state index is 11.5. The van der Waals surface area contributed by atoms with Crippen molar-refractivity contribution >= 4 is 15.9 Å². The number of halogens is 3. The smallest absolute Gasteiger partial charge is 0.138 e. The van der Waals surface area contributed by atoms with Crippen LogP contribution >= 0.6 is 15.9 Å². The minimum Gasteiger partial charge on any atom is -1.00 e. The zero-order chi connectivity index (χ0) is 6.41. The molecule has 0 radical (unpaired) electrons. The van der Waals surface area contributed by atoms with Crippen LogP contribution in [0.25, 0.3) is 0 Å². The highest BCUT2D eigenvalue weighted by molar-refractivity contribution is 9.09. The van der Waals surface area contributed by atoms with E-state index in [4.69, 9.17) is 0 Å². The molecule has 9 heavy (non-hydrogen) atoms. The van der Waals surface area contributed by atoms with Gasteiger partial charge in [-0.15, -0.1) is 0 Å². The third-order valence-corrected chi connectivity index (χ3v) is 1.44. The van der Waals surface area contributed by atoms with Crippen molar-refractivity contribution in [1.82, 2.24) is 0 Å². The lowest BCUT2D eigenvalue weighted by Gasteiger charge is -2.08. The van der Waals surface area contributed by atoms with E-state index in [9.17, 15) is 4.39 Å². The van der Waals surface area contributed by atoms with Crippen molar-refractivity contribution in [3.63, 3.8) is 0 Å². The standard InChI is InChI=1S/C5H11BrFN.ClH/c1-8(4-2-6)5-3-7;/h2-5H2,1H3;1H. The second-order valence-corrected chi connectivity index (χ2v) is 2.63. The van der Waals surface area contributed by atoms with Gasteiger partial charge >= 0.3 is 0 Å². The molecule has 0 aromatic heterocycles. The van der Waals surface area contributed by atoms with Crippen LogP contribution in [0.2, 0.25) is 0 Å². The van der Waals surface area contributed by atoms with Crippen LogP contribution < -0.4 is 17.3 Å². The maximum Gasteiger partial charge on any atom is 0.138 e. The molecule has 1 unspecified atom stereocenters. The fourth-order valence-corrected chi connectivity index (χ4v) is 1.12. The summed E-state index contributed by atoms with van der Waals surface area (Å²) in [4.78, 5) is 1.24. The predicted octanol–water partition coefficient (Wildman–Crippen LogP) is -3.13. The number of nitrogens with one attached hydrogen (secondary N) is 1. The van der Waals surface area contributed by atoms with E-state index in [-0.39, 0.29) is 19.1 Å². The molecule has 0 fully saturated rings. The van der Waals surface area contributed by atoms with E-state index in [0.29, 0.717) is 6.54 Å². The Kier molecular flexibility index (Phi) is 11.9. The molecule has 0 rings (SSSR count). The highest BCUT2D eigenvalue weighted by Crippen LogP contribution is 1.69. The van der Waals surface area contributed by atoms with Crippen LogP contribution in [0.4, 0.5) is 4.39 Å². The van der Waals surface area contributed by atoms with Crippen molar-refractivity contribution in [3.05, 3.63) is 0 Å². The first-order valence-electron chi connectivity index (χ1n) is 2.74. The molecule has 0 spiro atoms. The van der Waals surface area contributed by atoms with Crippen molar-refractivity contribution in [2.75, 3.05) is 32.1 Å².